The number of aryl methyl sites for hydroxylation is 3. The summed E-state index contributed by atoms with van der Waals surface area (Å²) in [5.74, 6) is -0.346. The summed E-state index contributed by atoms with van der Waals surface area (Å²) in [6.45, 7) is 5.34. The fourth-order valence-electron chi connectivity index (χ4n) is 3.91. The maximum atomic E-state index is 13.6. The Morgan fingerprint density at radius 2 is 1.81 bits per heavy atom. The third kappa shape index (κ3) is 4.15. The third-order valence-corrected chi connectivity index (χ3v) is 5.42. The molecule has 3 aromatic rings. The van der Waals surface area contributed by atoms with Crippen LogP contribution in [-0.2, 0) is 17.4 Å². The number of hydrogen-bond acceptors (Lipinski definition) is 3. The maximum Gasteiger partial charge on any atom is 0.416 e. The number of aromatic nitrogens is 1. The van der Waals surface area contributed by atoms with E-state index in [1.807, 2.05) is 38.1 Å². The van der Waals surface area contributed by atoms with Gasteiger partial charge < -0.3 is 0 Å². The molecule has 0 radical (unpaired) electrons. The molecule has 7 heteroatoms. The maximum absolute atomic E-state index is 13.6. The Morgan fingerprint density at radius 1 is 1.03 bits per heavy atom. The molecule has 32 heavy (non-hydrogen) atoms. The fourth-order valence-corrected chi connectivity index (χ4v) is 3.91. The first kappa shape index (κ1) is 21.7. The fraction of sp³-hybridized carbons (Fsp3) is 0.240. The molecule has 1 amide bonds. The normalized spacial score (nSPS) is 13.8. The number of hydrogen-bond donors (Lipinski definition) is 0. The van der Waals surface area contributed by atoms with E-state index < -0.39 is 11.7 Å². The molecule has 0 N–H and O–H groups in total. The third-order valence-electron chi connectivity index (χ3n) is 5.42. The van der Waals surface area contributed by atoms with Crippen molar-refractivity contribution < 1.29 is 18.0 Å². The van der Waals surface area contributed by atoms with E-state index in [2.05, 4.69) is 9.98 Å². The Hall–Kier alpha value is -3.48. The summed E-state index contributed by atoms with van der Waals surface area (Å²) in [5.41, 5.74) is 3.85. The van der Waals surface area contributed by atoms with Crippen molar-refractivity contribution in [1.82, 2.24) is 4.98 Å². The van der Waals surface area contributed by atoms with Gasteiger partial charge in [-0.1, -0.05) is 19.1 Å². The molecule has 0 bridgehead atoms. The molecule has 164 valence electrons. The molecule has 1 aromatic heterocycles. The van der Waals surface area contributed by atoms with E-state index in [4.69, 9.17) is 0 Å². The minimum absolute atomic E-state index is 0.00630. The highest BCUT2D eigenvalue weighted by Gasteiger charge is 2.35. The number of nitrogens with zero attached hydrogens (tertiary/aromatic N) is 3. The number of anilines is 2. The number of fused-ring (bicyclic) bond motifs is 1. The summed E-state index contributed by atoms with van der Waals surface area (Å²) in [4.78, 5) is 23.0. The second-order valence-corrected chi connectivity index (χ2v) is 7.79. The molecule has 0 aliphatic carbocycles. The number of alkyl halides is 3. The monoisotopic (exact) mass is 437 g/mol. The number of halogens is 3. The number of carbonyl (C=O) groups is 1. The minimum atomic E-state index is -4.53. The molecular formula is C25H22F3N3O. The van der Waals surface area contributed by atoms with Gasteiger partial charge in [0.15, 0.2) is 0 Å². The highest BCUT2D eigenvalue weighted by Crippen LogP contribution is 2.43. The van der Waals surface area contributed by atoms with Gasteiger partial charge in [0.25, 0.3) is 0 Å². The zero-order valence-corrected chi connectivity index (χ0v) is 18.0. The average Bonchev–Trinajstić information content (AvgIpc) is 2.89. The van der Waals surface area contributed by atoms with Crippen LogP contribution >= 0.6 is 0 Å². The Labute approximate surface area is 184 Å². The molecule has 0 atom stereocenters. The van der Waals surface area contributed by atoms with Crippen LogP contribution in [0.1, 0.15) is 35.9 Å². The summed E-state index contributed by atoms with van der Waals surface area (Å²) < 4.78 is 40.8. The van der Waals surface area contributed by atoms with Gasteiger partial charge in [0, 0.05) is 23.3 Å². The van der Waals surface area contributed by atoms with Crippen LogP contribution in [-0.4, -0.2) is 17.1 Å². The summed E-state index contributed by atoms with van der Waals surface area (Å²) in [6, 6.07) is 13.6. The number of pyridine rings is 1. The summed E-state index contributed by atoms with van der Waals surface area (Å²) >= 11 is 0. The quantitative estimate of drug-likeness (QED) is 0.457. The van der Waals surface area contributed by atoms with Gasteiger partial charge in [0.1, 0.15) is 0 Å². The van der Waals surface area contributed by atoms with Crippen molar-refractivity contribution in [1.29, 1.82) is 0 Å². The lowest BCUT2D eigenvalue weighted by Gasteiger charge is -2.25. The molecule has 4 nitrogen and oxygen atoms in total. The first-order valence-electron chi connectivity index (χ1n) is 10.3. The Balaban J connectivity index is 1.87. The van der Waals surface area contributed by atoms with Crippen molar-refractivity contribution >= 4 is 29.2 Å². The highest BCUT2D eigenvalue weighted by atomic mass is 19.4. The Morgan fingerprint density at radius 3 is 2.53 bits per heavy atom. The van der Waals surface area contributed by atoms with Crippen molar-refractivity contribution in [2.24, 2.45) is 4.99 Å². The number of carbonyl (C=O) groups excluding carboxylic acids is 1. The summed E-state index contributed by atoms with van der Waals surface area (Å²) in [7, 11) is 0. The van der Waals surface area contributed by atoms with Crippen molar-refractivity contribution in [3.8, 4) is 11.1 Å². The predicted octanol–water partition coefficient (Wildman–Crippen LogP) is 6.72. The minimum Gasteiger partial charge on any atom is -0.279 e. The van der Waals surface area contributed by atoms with Gasteiger partial charge in [-0.15, -0.1) is 0 Å². The molecule has 0 saturated carbocycles. The molecule has 2 aromatic carbocycles. The first-order valence-corrected chi connectivity index (χ1v) is 10.3. The Kier molecular flexibility index (Phi) is 5.59. The van der Waals surface area contributed by atoms with E-state index >= 15 is 0 Å². The van der Waals surface area contributed by atoms with Gasteiger partial charge in [0.2, 0.25) is 5.91 Å². The van der Waals surface area contributed by atoms with Crippen molar-refractivity contribution in [3.63, 3.8) is 0 Å². The lowest BCUT2D eigenvalue weighted by Crippen LogP contribution is -2.25. The van der Waals surface area contributed by atoms with E-state index in [0.717, 1.165) is 35.0 Å². The van der Waals surface area contributed by atoms with E-state index in [9.17, 15) is 18.0 Å². The lowest BCUT2D eigenvalue weighted by molar-refractivity contribution is -0.138. The lowest BCUT2D eigenvalue weighted by atomic mass is 10.0. The first-order chi connectivity index (χ1) is 15.2. The summed E-state index contributed by atoms with van der Waals surface area (Å²) in [6.07, 6.45) is -2.31. The van der Waals surface area contributed by atoms with Crippen LogP contribution in [0.3, 0.4) is 0 Å². The molecule has 4 rings (SSSR count). The Bertz CT molecular complexity index is 1230. The van der Waals surface area contributed by atoms with E-state index in [-0.39, 0.29) is 23.6 Å². The molecule has 0 saturated heterocycles. The van der Waals surface area contributed by atoms with Crippen LogP contribution in [0.2, 0.25) is 0 Å². The van der Waals surface area contributed by atoms with Crippen LogP contribution in [0.5, 0.6) is 0 Å². The van der Waals surface area contributed by atoms with Crippen molar-refractivity contribution in [2.75, 3.05) is 4.90 Å². The van der Waals surface area contributed by atoms with E-state index in [0.29, 0.717) is 11.4 Å². The number of amides is 1. The predicted molar refractivity (Wildman–Crippen MR) is 120 cm³/mol. The number of aliphatic imine (C=N–C) groups is 1. The molecule has 1 aliphatic heterocycles. The molecule has 0 fully saturated rings. The van der Waals surface area contributed by atoms with Gasteiger partial charge in [-0.25, -0.2) is 0 Å². The molecule has 0 spiro atoms. The number of benzene rings is 2. The molecule has 0 unspecified atom stereocenters. The SMILES string of the molecule is CCc1cc(-c2cccc(N3C(=O)CC=Nc4cc(C)c(C(F)(F)F)cc43)c2)cc(C)n1. The van der Waals surface area contributed by atoms with Gasteiger partial charge in [0.05, 0.1) is 23.4 Å². The van der Waals surface area contributed by atoms with Crippen LogP contribution in [0, 0.1) is 13.8 Å². The van der Waals surface area contributed by atoms with Crippen LogP contribution in [0.15, 0.2) is 53.5 Å². The van der Waals surface area contributed by atoms with Gasteiger partial charge in [-0.05, 0) is 73.4 Å². The van der Waals surface area contributed by atoms with Crippen LogP contribution in [0.25, 0.3) is 11.1 Å². The van der Waals surface area contributed by atoms with Gasteiger partial charge >= 0.3 is 6.18 Å². The second kappa shape index (κ2) is 8.22. The zero-order chi connectivity index (χ0) is 23.0. The van der Waals surface area contributed by atoms with E-state index in [1.165, 1.54) is 24.1 Å². The smallest absolute Gasteiger partial charge is 0.279 e. The average molecular weight is 437 g/mol. The van der Waals surface area contributed by atoms with E-state index in [1.54, 1.807) is 12.1 Å². The number of rotatable bonds is 3. The van der Waals surface area contributed by atoms with Crippen LogP contribution < -0.4 is 4.90 Å². The van der Waals surface area contributed by atoms with Gasteiger partial charge in [-0.2, -0.15) is 13.2 Å². The molecule has 1 aliphatic rings. The second-order valence-electron chi connectivity index (χ2n) is 7.79. The zero-order valence-electron chi connectivity index (χ0n) is 18.0. The highest BCUT2D eigenvalue weighted by molar-refractivity contribution is 6.10. The molecular weight excluding hydrogens is 415 g/mol. The van der Waals surface area contributed by atoms with Gasteiger partial charge in [-0.3, -0.25) is 19.7 Å². The topological polar surface area (TPSA) is 45.6 Å². The van der Waals surface area contributed by atoms with Crippen molar-refractivity contribution in [2.45, 2.75) is 39.8 Å². The largest absolute Gasteiger partial charge is 0.416 e. The molecule has 2 heterocycles. The summed E-state index contributed by atoms with van der Waals surface area (Å²) in [5, 5.41) is 0. The standard InChI is InChI=1S/C25H22F3N3O/c1-4-19-12-18(11-16(3)30-19)17-6-5-7-20(13-17)31-23-14-21(25(26,27)28)15(2)10-22(23)29-9-8-24(31)32/h5-7,9-14H,4,8H2,1-3H3. The van der Waals surface area contributed by atoms with Crippen molar-refractivity contribution in [3.05, 3.63) is 71.0 Å². The van der Waals surface area contributed by atoms with Crippen LogP contribution in [0.4, 0.5) is 30.2 Å².